The van der Waals surface area contributed by atoms with Crippen LogP contribution >= 0.6 is 0 Å². The third-order valence-electron chi connectivity index (χ3n) is 5.64. The molecule has 1 aromatic heterocycles. The van der Waals surface area contributed by atoms with Crippen LogP contribution in [-0.4, -0.2) is 21.7 Å². The molecule has 1 aromatic carbocycles. The number of aromatic nitrogens is 2. The molecule has 5 heteroatoms. The minimum atomic E-state index is 0.0194. The third kappa shape index (κ3) is 3.28. The van der Waals surface area contributed by atoms with Gasteiger partial charge < -0.3 is 5.32 Å². The highest BCUT2D eigenvalue weighted by Crippen LogP contribution is 2.24. The molecule has 2 N–H and O–H groups in total. The smallest absolute Gasteiger partial charge is 0.274 e. The van der Waals surface area contributed by atoms with Crippen LogP contribution in [0.2, 0.25) is 0 Å². The summed E-state index contributed by atoms with van der Waals surface area (Å²) in [6.45, 7) is 0. The summed E-state index contributed by atoms with van der Waals surface area (Å²) in [5, 5.41) is 6.48. The molecule has 1 amide bonds. The van der Waals surface area contributed by atoms with Gasteiger partial charge in [-0.05, 0) is 50.7 Å². The summed E-state index contributed by atoms with van der Waals surface area (Å²) in [5.41, 5.74) is 2.72. The van der Waals surface area contributed by atoms with Crippen LogP contribution in [0.5, 0.6) is 0 Å². The highest BCUT2D eigenvalue weighted by Gasteiger charge is 2.28. The molecular formula is C20H25N3O2. The molecule has 132 valence electrons. The van der Waals surface area contributed by atoms with Crippen molar-refractivity contribution in [2.75, 3.05) is 0 Å². The lowest BCUT2D eigenvalue weighted by Gasteiger charge is -2.18. The van der Waals surface area contributed by atoms with E-state index < -0.39 is 0 Å². The van der Waals surface area contributed by atoms with Gasteiger partial charge in [0.25, 0.3) is 5.56 Å². The van der Waals surface area contributed by atoms with Gasteiger partial charge in [0.15, 0.2) is 0 Å². The van der Waals surface area contributed by atoms with Gasteiger partial charge >= 0.3 is 0 Å². The van der Waals surface area contributed by atoms with Gasteiger partial charge in [-0.3, -0.25) is 14.7 Å². The van der Waals surface area contributed by atoms with Crippen LogP contribution in [0.25, 0.3) is 5.69 Å². The normalized spacial score (nSPS) is 20.9. The number of nitrogens with zero attached hydrogens (tertiary/aromatic N) is 1. The van der Waals surface area contributed by atoms with Crippen molar-refractivity contribution in [2.24, 2.45) is 5.92 Å². The van der Waals surface area contributed by atoms with Crippen molar-refractivity contribution in [1.82, 2.24) is 15.1 Å². The van der Waals surface area contributed by atoms with E-state index in [1.807, 2.05) is 30.3 Å². The zero-order valence-corrected chi connectivity index (χ0v) is 14.5. The van der Waals surface area contributed by atoms with Crippen molar-refractivity contribution in [3.63, 3.8) is 0 Å². The molecule has 2 aromatic rings. The first-order valence-electron chi connectivity index (χ1n) is 9.41. The van der Waals surface area contributed by atoms with E-state index in [1.165, 1.54) is 12.8 Å². The van der Waals surface area contributed by atoms with Crippen LogP contribution in [-0.2, 0) is 17.6 Å². The molecule has 0 radical (unpaired) electrons. The Morgan fingerprint density at radius 3 is 2.52 bits per heavy atom. The van der Waals surface area contributed by atoms with E-state index in [0.29, 0.717) is 12.5 Å². The lowest BCUT2D eigenvalue weighted by atomic mass is 9.98. The molecule has 0 spiro atoms. The number of H-pyrrole nitrogens is 1. The monoisotopic (exact) mass is 339 g/mol. The first-order chi connectivity index (χ1) is 12.2. The largest absolute Gasteiger partial charge is 0.353 e. The SMILES string of the molecule is O=C(NC1CCCC1)C1CCc2[nH]n(-c3ccccc3)c(=O)c2CC1. The molecule has 0 bridgehead atoms. The fraction of sp³-hybridized carbons (Fsp3) is 0.500. The Morgan fingerprint density at radius 1 is 1.04 bits per heavy atom. The standard InChI is InChI=1S/C20H25N3O2/c24-19(21-15-6-4-5-7-15)14-10-12-17-18(13-11-14)22-23(20(17)25)16-8-2-1-3-9-16/h1-3,8-9,14-15,22H,4-7,10-13H2,(H,21,24). The third-order valence-corrected chi connectivity index (χ3v) is 5.64. The van der Waals surface area contributed by atoms with Crippen LogP contribution < -0.4 is 10.9 Å². The second-order valence-electron chi connectivity index (χ2n) is 7.31. The Bertz CT molecular complexity index is 800. The van der Waals surface area contributed by atoms with E-state index in [2.05, 4.69) is 10.4 Å². The number of benzene rings is 1. The van der Waals surface area contributed by atoms with Crippen LogP contribution in [0, 0.1) is 5.92 Å². The number of carbonyl (C=O) groups is 1. The zero-order valence-electron chi connectivity index (χ0n) is 14.5. The second-order valence-corrected chi connectivity index (χ2v) is 7.31. The Balaban J connectivity index is 1.48. The van der Waals surface area contributed by atoms with Gasteiger partial charge in [0.2, 0.25) is 5.91 Å². The quantitative estimate of drug-likeness (QED) is 0.845. The topological polar surface area (TPSA) is 66.9 Å². The predicted molar refractivity (Wildman–Crippen MR) is 96.9 cm³/mol. The number of para-hydroxylation sites is 1. The number of rotatable bonds is 3. The van der Waals surface area contributed by atoms with Crippen molar-refractivity contribution >= 4 is 5.91 Å². The van der Waals surface area contributed by atoms with Crippen molar-refractivity contribution in [2.45, 2.75) is 57.4 Å². The fourth-order valence-electron chi connectivity index (χ4n) is 4.17. The summed E-state index contributed by atoms with van der Waals surface area (Å²) in [6.07, 6.45) is 7.66. The molecular weight excluding hydrogens is 314 g/mol. The Labute approximate surface area is 147 Å². The van der Waals surface area contributed by atoms with E-state index in [9.17, 15) is 9.59 Å². The van der Waals surface area contributed by atoms with E-state index in [4.69, 9.17) is 0 Å². The summed E-state index contributed by atoms with van der Waals surface area (Å²) in [7, 11) is 0. The van der Waals surface area contributed by atoms with E-state index >= 15 is 0 Å². The highest BCUT2D eigenvalue weighted by atomic mass is 16.2. The maximum absolute atomic E-state index is 12.8. The highest BCUT2D eigenvalue weighted by molar-refractivity contribution is 5.79. The van der Waals surface area contributed by atoms with Gasteiger partial charge in [-0.2, -0.15) is 0 Å². The average molecular weight is 339 g/mol. The minimum Gasteiger partial charge on any atom is -0.353 e. The molecule has 25 heavy (non-hydrogen) atoms. The summed E-state index contributed by atoms with van der Waals surface area (Å²) >= 11 is 0. The fourth-order valence-corrected chi connectivity index (χ4v) is 4.17. The first-order valence-corrected chi connectivity index (χ1v) is 9.41. The van der Waals surface area contributed by atoms with Gasteiger partial charge in [-0.15, -0.1) is 0 Å². The molecule has 0 aliphatic heterocycles. The molecule has 1 atom stereocenters. The van der Waals surface area contributed by atoms with Crippen molar-refractivity contribution in [1.29, 1.82) is 0 Å². The predicted octanol–water partition coefficient (Wildman–Crippen LogP) is 2.72. The van der Waals surface area contributed by atoms with Gasteiger partial charge in [0.1, 0.15) is 0 Å². The second kappa shape index (κ2) is 6.90. The maximum Gasteiger partial charge on any atom is 0.274 e. The van der Waals surface area contributed by atoms with Gasteiger partial charge in [-0.25, -0.2) is 4.68 Å². The Morgan fingerprint density at radius 2 is 1.76 bits per heavy atom. The Kier molecular flexibility index (Phi) is 4.47. The molecule has 2 aliphatic rings. The van der Waals surface area contributed by atoms with Crippen molar-refractivity contribution in [3.05, 3.63) is 51.9 Å². The van der Waals surface area contributed by atoms with E-state index in [0.717, 1.165) is 49.0 Å². The lowest BCUT2D eigenvalue weighted by Crippen LogP contribution is -2.37. The maximum atomic E-state index is 12.8. The van der Waals surface area contributed by atoms with Gasteiger partial charge in [-0.1, -0.05) is 31.0 Å². The Hall–Kier alpha value is -2.30. The number of fused-ring (bicyclic) bond motifs is 1. The molecule has 1 saturated carbocycles. The number of carbonyl (C=O) groups excluding carboxylic acids is 1. The number of amides is 1. The van der Waals surface area contributed by atoms with Crippen molar-refractivity contribution in [3.8, 4) is 5.69 Å². The van der Waals surface area contributed by atoms with Gasteiger partial charge in [0.05, 0.1) is 5.69 Å². The molecule has 5 nitrogen and oxygen atoms in total. The number of hydrogen-bond acceptors (Lipinski definition) is 2. The zero-order chi connectivity index (χ0) is 17.2. The molecule has 1 unspecified atom stereocenters. The van der Waals surface area contributed by atoms with Gasteiger partial charge in [0, 0.05) is 23.2 Å². The summed E-state index contributed by atoms with van der Waals surface area (Å²) in [6, 6.07) is 10.0. The molecule has 1 heterocycles. The van der Waals surface area contributed by atoms with Crippen molar-refractivity contribution < 1.29 is 4.79 Å². The number of hydrogen-bond donors (Lipinski definition) is 2. The summed E-state index contributed by atoms with van der Waals surface area (Å²) in [4.78, 5) is 25.3. The number of aryl methyl sites for hydroxylation is 1. The van der Waals surface area contributed by atoms with Crippen LogP contribution in [0.4, 0.5) is 0 Å². The summed E-state index contributed by atoms with van der Waals surface area (Å²) < 4.78 is 1.63. The molecule has 1 fully saturated rings. The number of nitrogens with one attached hydrogen (secondary N) is 2. The van der Waals surface area contributed by atoms with Crippen LogP contribution in [0.1, 0.15) is 49.8 Å². The van der Waals surface area contributed by atoms with Crippen LogP contribution in [0.15, 0.2) is 35.1 Å². The van der Waals surface area contributed by atoms with E-state index in [1.54, 1.807) is 4.68 Å². The summed E-state index contributed by atoms with van der Waals surface area (Å²) in [5.74, 6) is 0.200. The average Bonchev–Trinajstić information content (AvgIpc) is 3.18. The lowest BCUT2D eigenvalue weighted by molar-refractivity contribution is -0.126. The first kappa shape index (κ1) is 16.2. The molecule has 0 saturated heterocycles. The van der Waals surface area contributed by atoms with Crippen LogP contribution in [0.3, 0.4) is 0 Å². The van der Waals surface area contributed by atoms with E-state index in [-0.39, 0.29) is 17.4 Å². The molecule has 4 rings (SSSR count). The molecule has 2 aliphatic carbocycles. The minimum absolute atomic E-state index is 0.0194. The number of aromatic amines is 1.